The van der Waals surface area contributed by atoms with E-state index in [1.165, 1.54) is 16.7 Å². The smallest absolute Gasteiger partial charge is 0.258 e. The lowest BCUT2D eigenvalue weighted by atomic mass is 10.0. The van der Waals surface area contributed by atoms with Gasteiger partial charge < -0.3 is 20.3 Å². The molecule has 164 valence electrons. The van der Waals surface area contributed by atoms with E-state index < -0.39 is 0 Å². The minimum absolute atomic E-state index is 0.0443. The summed E-state index contributed by atoms with van der Waals surface area (Å²) in [5.41, 5.74) is 4.04. The van der Waals surface area contributed by atoms with Crippen LogP contribution in [0.25, 0.3) is 0 Å². The average molecular weight is 421 g/mol. The number of aliphatic imine (C=N–C) groups is 1. The zero-order valence-corrected chi connectivity index (χ0v) is 18.3. The maximum absolute atomic E-state index is 11.7. The first kappa shape index (κ1) is 21.2. The van der Waals surface area contributed by atoms with Crippen LogP contribution in [0.1, 0.15) is 36.5 Å². The molecule has 2 aromatic carbocycles. The van der Waals surface area contributed by atoms with Gasteiger partial charge in [-0.15, -0.1) is 0 Å². The molecule has 6 nitrogen and oxygen atoms in total. The Hall–Kier alpha value is -3.02. The summed E-state index contributed by atoms with van der Waals surface area (Å²) in [4.78, 5) is 18.9. The van der Waals surface area contributed by atoms with Gasteiger partial charge in [0.05, 0.1) is 0 Å². The van der Waals surface area contributed by atoms with Crippen molar-refractivity contribution in [2.24, 2.45) is 4.99 Å². The standard InChI is InChI=1S/C25H32N4O2/c1-2-26-25(29-16-14-20-5-3-4-6-21(20)17-29)27-15-13-19-7-11-23(12-8-19)31-18-24(30)28-22-9-10-22/h3-8,11-12,22H,2,9-10,13-18H2,1H3,(H,26,27)(H,28,30). The molecular formula is C25H32N4O2. The molecule has 0 unspecified atom stereocenters. The van der Waals surface area contributed by atoms with Crippen molar-refractivity contribution in [3.8, 4) is 5.75 Å². The van der Waals surface area contributed by atoms with Crippen molar-refractivity contribution in [1.82, 2.24) is 15.5 Å². The van der Waals surface area contributed by atoms with Crippen LogP contribution in [0.5, 0.6) is 5.75 Å². The third-order valence-corrected chi connectivity index (χ3v) is 5.66. The third-order valence-electron chi connectivity index (χ3n) is 5.66. The lowest BCUT2D eigenvalue weighted by Gasteiger charge is -2.31. The molecule has 6 heteroatoms. The van der Waals surface area contributed by atoms with Gasteiger partial charge in [-0.3, -0.25) is 9.79 Å². The zero-order valence-electron chi connectivity index (χ0n) is 18.3. The van der Waals surface area contributed by atoms with Gasteiger partial charge in [-0.05, 0) is 61.4 Å². The minimum Gasteiger partial charge on any atom is -0.484 e. The molecule has 1 aliphatic heterocycles. The molecule has 0 radical (unpaired) electrons. The van der Waals surface area contributed by atoms with E-state index in [0.29, 0.717) is 6.04 Å². The molecule has 2 N–H and O–H groups in total. The normalized spacial score (nSPS) is 15.9. The fourth-order valence-corrected chi connectivity index (χ4v) is 3.79. The molecular weight excluding hydrogens is 388 g/mol. The zero-order chi connectivity index (χ0) is 21.5. The Balaban J connectivity index is 1.27. The summed E-state index contributed by atoms with van der Waals surface area (Å²) in [7, 11) is 0. The van der Waals surface area contributed by atoms with Crippen molar-refractivity contribution < 1.29 is 9.53 Å². The Morgan fingerprint density at radius 2 is 1.90 bits per heavy atom. The number of hydrogen-bond acceptors (Lipinski definition) is 3. The third kappa shape index (κ3) is 6.23. The van der Waals surface area contributed by atoms with E-state index in [-0.39, 0.29) is 12.5 Å². The molecule has 2 aromatic rings. The number of fused-ring (bicyclic) bond motifs is 1. The largest absolute Gasteiger partial charge is 0.484 e. The van der Waals surface area contributed by atoms with Crippen molar-refractivity contribution in [2.75, 3.05) is 26.2 Å². The number of benzene rings is 2. The number of rotatable bonds is 8. The molecule has 1 amide bonds. The fourth-order valence-electron chi connectivity index (χ4n) is 3.79. The molecule has 0 saturated heterocycles. The maximum atomic E-state index is 11.7. The van der Waals surface area contributed by atoms with Crippen molar-refractivity contribution in [2.45, 2.75) is 45.2 Å². The minimum atomic E-state index is -0.0443. The Morgan fingerprint density at radius 1 is 1.13 bits per heavy atom. The highest BCUT2D eigenvalue weighted by Crippen LogP contribution is 2.19. The maximum Gasteiger partial charge on any atom is 0.258 e. The summed E-state index contributed by atoms with van der Waals surface area (Å²) >= 11 is 0. The van der Waals surface area contributed by atoms with Crippen molar-refractivity contribution in [1.29, 1.82) is 0 Å². The molecule has 1 heterocycles. The SMILES string of the molecule is CCNC(=NCCc1ccc(OCC(=O)NC2CC2)cc1)N1CCc2ccccc2C1. The number of guanidine groups is 1. The topological polar surface area (TPSA) is 66.0 Å². The van der Waals surface area contributed by atoms with Crippen molar-refractivity contribution >= 4 is 11.9 Å². The highest BCUT2D eigenvalue weighted by atomic mass is 16.5. The van der Waals surface area contributed by atoms with Crippen LogP contribution in [0.3, 0.4) is 0 Å². The van der Waals surface area contributed by atoms with E-state index in [4.69, 9.17) is 9.73 Å². The average Bonchev–Trinajstić information content (AvgIpc) is 3.61. The lowest BCUT2D eigenvalue weighted by molar-refractivity contribution is -0.123. The summed E-state index contributed by atoms with van der Waals surface area (Å²) in [6.45, 7) is 5.66. The Labute approximate surface area is 184 Å². The number of carbonyl (C=O) groups is 1. The van der Waals surface area contributed by atoms with E-state index in [1.54, 1.807) is 0 Å². The molecule has 1 aliphatic carbocycles. The summed E-state index contributed by atoms with van der Waals surface area (Å²) in [5, 5.41) is 6.37. The number of amides is 1. The van der Waals surface area contributed by atoms with Crippen molar-refractivity contribution in [3.63, 3.8) is 0 Å². The van der Waals surface area contributed by atoms with Gasteiger partial charge in [-0.25, -0.2) is 0 Å². The van der Waals surface area contributed by atoms with Gasteiger partial charge in [-0.1, -0.05) is 36.4 Å². The van der Waals surface area contributed by atoms with Gasteiger partial charge in [-0.2, -0.15) is 0 Å². The van der Waals surface area contributed by atoms with E-state index in [1.807, 2.05) is 24.3 Å². The van der Waals surface area contributed by atoms with Crippen LogP contribution in [0, 0.1) is 0 Å². The molecule has 0 atom stereocenters. The Kier molecular flexibility index (Phi) is 7.07. The number of nitrogens with one attached hydrogen (secondary N) is 2. The number of carbonyl (C=O) groups excluding carboxylic acids is 1. The van der Waals surface area contributed by atoms with Crippen LogP contribution in [0.2, 0.25) is 0 Å². The van der Waals surface area contributed by atoms with Crippen LogP contribution in [-0.4, -0.2) is 49.0 Å². The second kappa shape index (κ2) is 10.3. The summed E-state index contributed by atoms with van der Waals surface area (Å²) < 4.78 is 5.58. The highest BCUT2D eigenvalue weighted by molar-refractivity contribution is 5.80. The quantitative estimate of drug-likeness (QED) is 0.509. The van der Waals surface area contributed by atoms with Gasteiger partial charge in [0, 0.05) is 32.2 Å². The molecule has 31 heavy (non-hydrogen) atoms. The molecule has 2 aliphatic rings. The number of hydrogen-bond donors (Lipinski definition) is 2. The number of ether oxygens (including phenoxy) is 1. The molecule has 0 spiro atoms. The van der Waals surface area contributed by atoms with Gasteiger partial charge in [0.25, 0.3) is 5.91 Å². The van der Waals surface area contributed by atoms with E-state index in [0.717, 1.165) is 63.6 Å². The first-order valence-electron chi connectivity index (χ1n) is 11.3. The summed E-state index contributed by atoms with van der Waals surface area (Å²) in [6.07, 6.45) is 4.09. The van der Waals surface area contributed by atoms with E-state index >= 15 is 0 Å². The predicted molar refractivity (Wildman–Crippen MR) is 123 cm³/mol. The number of nitrogens with zero attached hydrogens (tertiary/aromatic N) is 2. The summed E-state index contributed by atoms with van der Waals surface area (Å²) in [6, 6.07) is 17.0. The second-order valence-corrected chi connectivity index (χ2v) is 8.20. The second-order valence-electron chi connectivity index (χ2n) is 8.20. The monoisotopic (exact) mass is 420 g/mol. The van der Waals surface area contributed by atoms with Gasteiger partial charge in [0.2, 0.25) is 0 Å². The predicted octanol–water partition coefficient (Wildman–Crippen LogP) is 2.91. The van der Waals surface area contributed by atoms with Crippen LogP contribution >= 0.6 is 0 Å². The van der Waals surface area contributed by atoms with E-state index in [9.17, 15) is 4.79 Å². The Bertz CT molecular complexity index is 906. The Morgan fingerprint density at radius 3 is 2.65 bits per heavy atom. The van der Waals surface area contributed by atoms with E-state index in [2.05, 4.69) is 46.7 Å². The lowest BCUT2D eigenvalue weighted by Crippen LogP contribution is -2.44. The molecule has 4 rings (SSSR count). The summed E-state index contributed by atoms with van der Waals surface area (Å²) in [5.74, 6) is 1.66. The first-order chi connectivity index (χ1) is 15.2. The van der Waals surface area contributed by atoms with Crippen molar-refractivity contribution in [3.05, 3.63) is 65.2 Å². The fraction of sp³-hybridized carbons (Fsp3) is 0.440. The van der Waals surface area contributed by atoms with Gasteiger partial charge >= 0.3 is 0 Å². The van der Waals surface area contributed by atoms with Crippen LogP contribution in [0.15, 0.2) is 53.5 Å². The van der Waals surface area contributed by atoms with Crippen LogP contribution in [0.4, 0.5) is 0 Å². The molecule has 1 fully saturated rings. The van der Waals surface area contributed by atoms with Gasteiger partial charge in [0.1, 0.15) is 5.75 Å². The highest BCUT2D eigenvalue weighted by Gasteiger charge is 2.23. The van der Waals surface area contributed by atoms with Crippen LogP contribution in [-0.2, 0) is 24.2 Å². The molecule has 0 aromatic heterocycles. The van der Waals surface area contributed by atoms with Crippen LogP contribution < -0.4 is 15.4 Å². The first-order valence-corrected chi connectivity index (χ1v) is 11.3. The molecule has 0 bridgehead atoms. The molecule has 1 saturated carbocycles. The van der Waals surface area contributed by atoms with Gasteiger partial charge in [0.15, 0.2) is 12.6 Å².